The minimum Gasteiger partial charge on any atom is -0.507 e. The molecule has 95 heavy (non-hydrogen) atoms. The molecule has 0 aliphatic carbocycles. The van der Waals surface area contributed by atoms with Crippen molar-refractivity contribution in [3.05, 3.63) is 256 Å². The Balaban J connectivity index is 0.000000246. The topological polar surface area (TPSA) is 308 Å². The first kappa shape index (κ1) is 76.8. The molecule has 1 aromatic heterocycles. The van der Waals surface area contributed by atoms with Gasteiger partial charge in [-0.15, -0.1) is 0 Å². The fourth-order valence-corrected chi connectivity index (χ4v) is 9.32. The van der Waals surface area contributed by atoms with E-state index in [4.69, 9.17) is 34.7 Å². The van der Waals surface area contributed by atoms with Crippen LogP contribution in [-0.4, -0.2) is 90.7 Å². The molecule has 9 aromatic rings. The summed E-state index contributed by atoms with van der Waals surface area (Å²) in [7, 11) is 1.60. The van der Waals surface area contributed by atoms with E-state index in [1.54, 1.807) is 93.0 Å². The molecule has 0 fully saturated rings. The second-order valence-corrected chi connectivity index (χ2v) is 21.7. The van der Waals surface area contributed by atoms with Crippen molar-refractivity contribution in [2.24, 2.45) is 9.98 Å². The lowest BCUT2D eigenvalue weighted by atomic mass is 9.96. The monoisotopic (exact) mass is 1440 g/mol. The molecule has 9 rings (SSSR count). The van der Waals surface area contributed by atoms with E-state index in [2.05, 4.69) is 41.8 Å². The highest BCUT2D eigenvalue weighted by atomic mass is 79.9. The number of rotatable bonds is 18. The van der Waals surface area contributed by atoms with Crippen molar-refractivity contribution in [2.45, 2.75) is 65.7 Å². The molecular weight excluding hydrogens is 1380 g/mol. The van der Waals surface area contributed by atoms with Crippen LogP contribution in [0, 0.1) is 49.9 Å². The molecule has 1 heterocycles. The molecule has 0 atom stereocenters. The van der Waals surface area contributed by atoms with Gasteiger partial charge >= 0.3 is 29.5 Å². The van der Waals surface area contributed by atoms with Gasteiger partial charge in [0.05, 0.1) is 18.0 Å². The van der Waals surface area contributed by atoms with E-state index in [-0.39, 0.29) is 59.3 Å². The molecule has 496 valence electrons. The molecule has 0 saturated heterocycles. The number of para-hydroxylation sites is 4. The highest BCUT2D eigenvalue weighted by Crippen LogP contribution is 2.33. The molecule has 0 bridgehead atoms. The zero-order valence-electron chi connectivity index (χ0n) is 51.0. The fourth-order valence-electron chi connectivity index (χ4n) is 8.07. The van der Waals surface area contributed by atoms with Crippen molar-refractivity contribution in [1.29, 1.82) is 0 Å². The van der Waals surface area contributed by atoms with Crippen molar-refractivity contribution in [3.63, 3.8) is 0 Å². The molecule has 0 aliphatic rings. The van der Waals surface area contributed by atoms with Crippen molar-refractivity contribution >= 4 is 102 Å². The number of aromatic carboxylic acids is 2. The Hall–Kier alpha value is -10.7. The number of phenols is 3. The Labute approximate surface area is 556 Å². The number of fused-ring (bicyclic) bond motifs is 1. The van der Waals surface area contributed by atoms with Crippen LogP contribution in [0.15, 0.2) is 186 Å². The molecule has 0 radical (unpaired) electrons. The molecule has 0 saturated carbocycles. The first-order valence-electron chi connectivity index (χ1n) is 28.1. The van der Waals surface area contributed by atoms with Gasteiger partial charge in [-0.1, -0.05) is 126 Å². The van der Waals surface area contributed by atoms with Crippen molar-refractivity contribution in [1.82, 2.24) is 0 Å². The summed E-state index contributed by atoms with van der Waals surface area (Å²) in [5.74, 6) is -16.0. The molecule has 0 spiro atoms. The SMILES string of the molecule is COc1ccccc1N=Cc1cc(Br)cc(Br)c1O.Cc1ccc(C(=O)O)c(O)c1.Cc1ccccc1C(=O)CC(=O)c1ccccc1C.O=C(O)CCCCCCC(=O)O.O=C(O)c1c(F)c(F)c(F)c(F)c1F.O=c1oc2ccccc2cc1N=Cc1ccccc1O. The van der Waals surface area contributed by atoms with Gasteiger partial charge < -0.3 is 44.9 Å². The van der Waals surface area contributed by atoms with E-state index in [0.29, 0.717) is 56.6 Å². The van der Waals surface area contributed by atoms with Gasteiger partial charge in [0, 0.05) is 57.4 Å². The van der Waals surface area contributed by atoms with Crippen LogP contribution >= 0.6 is 31.9 Å². The van der Waals surface area contributed by atoms with Gasteiger partial charge in [0.25, 0.3) is 0 Å². The van der Waals surface area contributed by atoms with Gasteiger partial charge in [-0.3, -0.25) is 24.2 Å². The highest BCUT2D eigenvalue weighted by molar-refractivity contribution is 9.11. The van der Waals surface area contributed by atoms with Crippen molar-refractivity contribution in [3.8, 4) is 23.0 Å². The number of aliphatic imine (C=N–C) groups is 2. The summed E-state index contributed by atoms with van der Waals surface area (Å²) in [5.41, 5.74) is 4.09. The molecule has 0 unspecified atom stereocenters. The van der Waals surface area contributed by atoms with Crippen molar-refractivity contribution < 1.29 is 95.6 Å². The normalized spacial score (nSPS) is 10.4. The second-order valence-electron chi connectivity index (χ2n) is 20.0. The maximum Gasteiger partial charge on any atom is 0.362 e. The highest BCUT2D eigenvalue weighted by Gasteiger charge is 2.29. The number of Topliss-reactive ketones (excluding diaryl/α,β-unsaturated/α-hetero) is 2. The number of phenolic OH excluding ortho intramolecular Hbond substituents is 2. The lowest BCUT2D eigenvalue weighted by Gasteiger charge is -2.06. The summed E-state index contributed by atoms with van der Waals surface area (Å²) in [6.45, 7) is 5.54. The molecule has 8 aromatic carbocycles. The molecule has 18 nitrogen and oxygen atoms in total. The average Bonchev–Trinajstić information content (AvgIpc) is 0.868. The lowest BCUT2D eigenvalue weighted by Crippen LogP contribution is -2.11. The minimum atomic E-state index is -2.38. The summed E-state index contributed by atoms with van der Waals surface area (Å²) < 4.78 is 74.0. The van der Waals surface area contributed by atoms with Gasteiger partial charge in [0.2, 0.25) is 5.82 Å². The molecule has 25 heteroatoms. The standard InChI is InChI=1S/C17H16O2.C16H11NO3.C14H11Br2NO2.C8H14O4.C8H8O3.C7HF5O2/c1-12-7-3-5-9-14(12)16(18)11-17(19)15-10-6-4-8-13(15)2;18-14-7-3-1-6-12(14)10-17-13-9-11-5-2-4-8-15(11)20-16(13)19;1-19-13-5-3-2-4-12(13)17-8-9-6-10(15)7-11(16)14(9)18;9-7(10)5-3-1-2-4-6-8(11)12;1-5-2-3-6(8(10)11)7(9)4-5;8-2-1(7(13)14)3(9)5(11)6(12)4(2)10/h3-10H,11H2,1-2H3;1-10,18H;2-8,18H,1H3;1-6H2,(H,9,10)(H,11,12);2-4,9H,1H3,(H,10,11);(H,13,14). The number of halogens is 7. The third kappa shape index (κ3) is 24.4. The second kappa shape index (κ2) is 38.4. The lowest BCUT2D eigenvalue weighted by molar-refractivity contribution is -0.138. The van der Waals surface area contributed by atoms with Crippen LogP contribution in [0.4, 0.5) is 33.3 Å². The average molecular weight is 1440 g/mol. The number of ether oxygens (including phenoxy) is 1. The summed E-state index contributed by atoms with van der Waals surface area (Å²) in [6, 6.07) is 45.8. The van der Waals surface area contributed by atoms with Crippen molar-refractivity contribution in [2.75, 3.05) is 7.11 Å². The number of aliphatic carboxylic acids is 2. The minimum absolute atomic E-state index is 0.0596. The van der Waals surface area contributed by atoms with Gasteiger partial charge in [0.15, 0.2) is 34.8 Å². The van der Waals surface area contributed by atoms with E-state index in [9.17, 15) is 65.7 Å². The Kier molecular flexibility index (Phi) is 31.0. The number of hydrogen-bond donors (Lipinski definition) is 7. The maximum absolute atomic E-state index is 12.6. The largest absolute Gasteiger partial charge is 0.507 e. The van der Waals surface area contributed by atoms with Crippen LogP contribution in [0.5, 0.6) is 23.0 Å². The number of unbranched alkanes of at least 4 members (excludes halogenated alkanes) is 3. The number of methoxy groups -OCH3 is 1. The van der Waals surface area contributed by atoms with Gasteiger partial charge in [-0.2, -0.15) is 0 Å². The zero-order chi connectivity index (χ0) is 70.5. The number of aryl methyl sites for hydroxylation is 3. The number of benzene rings is 8. The number of carbonyl (C=O) groups excluding carboxylic acids is 2. The number of carbonyl (C=O) groups is 6. The van der Waals surface area contributed by atoms with Gasteiger partial charge in [0.1, 0.15) is 51.1 Å². The number of ketones is 2. The number of nitrogens with zero attached hydrogens (tertiary/aromatic N) is 2. The van der Waals surface area contributed by atoms with E-state index in [0.717, 1.165) is 39.4 Å². The number of carboxylic acids is 4. The molecule has 0 aliphatic heterocycles. The van der Waals surface area contributed by atoms with E-state index < -0.39 is 64.2 Å². The third-order valence-corrected chi connectivity index (χ3v) is 14.0. The summed E-state index contributed by atoms with van der Waals surface area (Å²) in [6.07, 6.45) is 6.25. The Bertz CT molecular complexity index is 4230. The smallest absolute Gasteiger partial charge is 0.362 e. The third-order valence-electron chi connectivity index (χ3n) is 12.9. The van der Waals surface area contributed by atoms with E-state index >= 15 is 0 Å². The van der Waals surface area contributed by atoms with E-state index in [1.165, 1.54) is 18.3 Å². The Morgan fingerprint density at radius 3 is 1.54 bits per heavy atom. The Morgan fingerprint density at radius 1 is 0.516 bits per heavy atom. The van der Waals surface area contributed by atoms with E-state index in [1.807, 2.05) is 86.6 Å². The quantitative estimate of drug-likeness (QED) is 0.00614. The predicted octanol–water partition coefficient (Wildman–Crippen LogP) is 16.7. The van der Waals surface area contributed by atoms with Crippen LogP contribution in [0.1, 0.15) is 114 Å². The summed E-state index contributed by atoms with van der Waals surface area (Å²) in [5, 5.41) is 62.6. The van der Waals surface area contributed by atoms with Gasteiger partial charge in [-0.05, 0) is 127 Å². The summed E-state index contributed by atoms with van der Waals surface area (Å²) in [4.78, 5) is 85.1. The van der Waals surface area contributed by atoms with Crippen LogP contribution < -0.4 is 10.4 Å². The molecule has 0 amide bonds. The first-order valence-corrected chi connectivity index (χ1v) is 29.7. The predicted molar refractivity (Wildman–Crippen MR) is 353 cm³/mol. The summed E-state index contributed by atoms with van der Waals surface area (Å²) >= 11 is 6.66. The van der Waals surface area contributed by atoms with Crippen LogP contribution in [0.25, 0.3) is 11.0 Å². The van der Waals surface area contributed by atoms with Crippen LogP contribution in [0.3, 0.4) is 0 Å². The number of hydrogen-bond acceptors (Lipinski definition) is 14. The number of aromatic hydroxyl groups is 3. The Morgan fingerprint density at radius 2 is 1.01 bits per heavy atom. The fraction of sp³-hybridized carbons (Fsp3) is 0.157. The zero-order valence-corrected chi connectivity index (χ0v) is 54.1. The van der Waals surface area contributed by atoms with Crippen LogP contribution in [-0.2, 0) is 9.59 Å². The molecular formula is C70H61Br2F5N2O16. The number of carboxylic acid groups (broad SMARTS) is 4. The van der Waals surface area contributed by atoms with Gasteiger partial charge in [-0.25, -0.2) is 41.3 Å². The maximum atomic E-state index is 12.6. The molecule has 7 N–H and O–H groups in total. The van der Waals surface area contributed by atoms with Crippen LogP contribution in [0.2, 0.25) is 0 Å². The first-order chi connectivity index (χ1) is 45.1.